The smallest absolute Gasteiger partial charge is 0.370 e. The fraction of sp³-hybridized carbons (Fsp3) is 0.875. The number of nitrogens with one attached hydrogen (secondary N) is 2. The van der Waals surface area contributed by atoms with E-state index in [1.807, 2.05) is 0 Å². The van der Waals surface area contributed by atoms with Gasteiger partial charge in [-0.1, -0.05) is 0 Å². The van der Waals surface area contributed by atoms with Gasteiger partial charge in [-0.3, -0.25) is 0 Å². The van der Waals surface area contributed by atoms with Crippen molar-refractivity contribution >= 4 is 6.03 Å². The number of halogens is 3. The van der Waals surface area contributed by atoms with Gasteiger partial charge in [0.05, 0.1) is 6.61 Å². The Labute approximate surface area is 85.2 Å². The standard InChI is InChI=1S/C8H13F3N2O2/c9-8(10,11)5-15-4-3-12-7(14)13-6-1-2-6/h6H,1-5H2,(H2,12,13,14). The predicted octanol–water partition coefficient (Wildman–Crippen LogP) is 1.03. The molecule has 0 heterocycles. The largest absolute Gasteiger partial charge is 0.411 e. The molecule has 0 unspecified atom stereocenters. The molecular weight excluding hydrogens is 213 g/mol. The van der Waals surface area contributed by atoms with Crippen LogP contribution >= 0.6 is 0 Å². The molecule has 7 heteroatoms. The predicted molar refractivity (Wildman–Crippen MR) is 46.4 cm³/mol. The highest BCUT2D eigenvalue weighted by Crippen LogP contribution is 2.18. The van der Waals surface area contributed by atoms with Crippen LogP contribution in [0.1, 0.15) is 12.8 Å². The van der Waals surface area contributed by atoms with E-state index in [2.05, 4.69) is 15.4 Å². The molecule has 1 saturated carbocycles. The Hall–Kier alpha value is -0.980. The summed E-state index contributed by atoms with van der Waals surface area (Å²) in [5, 5.41) is 5.03. The molecule has 1 fully saturated rings. The Balaban J connectivity index is 1.89. The van der Waals surface area contributed by atoms with Crippen molar-refractivity contribution in [3.8, 4) is 0 Å². The summed E-state index contributed by atoms with van der Waals surface area (Å²) in [6.07, 6.45) is -2.37. The first-order valence-electron chi connectivity index (χ1n) is 4.66. The second-order valence-corrected chi connectivity index (χ2v) is 3.34. The first kappa shape index (κ1) is 12.1. The molecule has 0 atom stereocenters. The summed E-state index contributed by atoms with van der Waals surface area (Å²) in [7, 11) is 0. The van der Waals surface area contributed by atoms with Crippen molar-refractivity contribution in [2.24, 2.45) is 0 Å². The number of urea groups is 1. The summed E-state index contributed by atoms with van der Waals surface area (Å²) in [6, 6.07) is -0.116. The molecule has 0 bridgehead atoms. The number of hydrogen-bond donors (Lipinski definition) is 2. The zero-order chi connectivity index (χ0) is 11.3. The maximum Gasteiger partial charge on any atom is 0.411 e. The number of carbonyl (C=O) groups is 1. The van der Waals surface area contributed by atoms with Crippen LogP contribution in [0.15, 0.2) is 0 Å². The van der Waals surface area contributed by atoms with Crippen LogP contribution in [-0.2, 0) is 4.74 Å². The van der Waals surface area contributed by atoms with E-state index in [0.29, 0.717) is 0 Å². The van der Waals surface area contributed by atoms with Gasteiger partial charge in [0.15, 0.2) is 0 Å². The van der Waals surface area contributed by atoms with Crippen molar-refractivity contribution in [3.05, 3.63) is 0 Å². The number of ether oxygens (including phenoxy) is 1. The minimum Gasteiger partial charge on any atom is -0.370 e. The van der Waals surface area contributed by atoms with Gasteiger partial charge in [-0.05, 0) is 12.8 Å². The fourth-order valence-electron chi connectivity index (χ4n) is 0.889. The van der Waals surface area contributed by atoms with Crippen molar-refractivity contribution in [2.75, 3.05) is 19.8 Å². The maximum atomic E-state index is 11.6. The molecule has 0 aromatic heterocycles. The minimum absolute atomic E-state index is 0.0780. The molecule has 4 nitrogen and oxygen atoms in total. The normalized spacial score (nSPS) is 16.2. The first-order chi connectivity index (χ1) is 6.97. The van der Waals surface area contributed by atoms with E-state index in [9.17, 15) is 18.0 Å². The van der Waals surface area contributed by atoms with Gasteiger partial charge < -0.3 is 15.4 Å². The van der Waals surface area contributed by atoms with E-state index in [0.717, 1.165) is 12.8 Å². The molecular formula is C8H13F3N2O2. The Morgan fingerprint density at radius 1 is 1.40 bits per heavy atom. The van der Waals surface area contributed by atoms with Crippen LogP contribution in [0.25, 0.3) is 0 Å². The minimum atomic E-state index is -4.31. The molecule has 2 amide bonds. The summed E-state index contributed by atoms with van der Waals surface area (Å²) < 4.78 is 39.1. The lowest BCUT2D eigenvalue weighted by Crippen LogP contribution is -2.38. The fourth-order valence-corrected chi connectivity index (χ4v) is 0.889. The Kier molecular flexibility index (Phi) is 4.19. The van der Waals surface area contributed by atoms with Crippen molar-refractivity contribution in [3.63, 3.8) is 0 Å². The molecule has 0 saturated heterocycles. The van der Waals surface area contributed by atoms with Crippen molar-refractivity contribution < 1.29 is 22.7 Å². The van der Waals surface area contributed by atoms with Crippen LogP contribution in [-0.4, -0.2) is 38.0 Å². The molecule has 0 aromatic carbocycles. The third-order valence-electron chi connectivity index (χ3n) is 1.71. The van der Waals surface area contributed by atoms with Crippen LogP contribution in [0.4, 0.5) is 18.0 Å². The van der Waals surface area contributed by atoms with E-state index in [1.165, 1.54) is 0 Å². The molecule has 15 heavy (non-hydrogen) atoms. The van der Waals surface area contributed by atoms with Gasteiger partial charge in [0, 0.05) is 12.6 Å². The molecule has 1 aliphatic rings. The van der Waals surface area contributed by atoms with Gasteiger partial charge in [-0.2, -0.15) is 13.2 Å². The molecule has 0 aromatic rings. The zero-order valence-corrected chi connectivity index (χ0v) is 8.06. The molecule has 0 radical (unpaired) electrons. The summed E-state index contributed by atoms with van der Waals surface area (Å²) in [4.78, 5) is 11.0. The summed E-state index contributed by atoms with van der Waals surface area (Å²) in [5.74, 6) is 0. The van der Waals surface area contributed by atoms with Crippen LogP contribution in [0.2, 0.25) is 0 Å². The number of hydrogen-bond acceptors (Lipinski definition) is 2. The van der Waals surface area contributed by atoms with Crippen LogP contribution in [0.3, 0.4) is 0 Å². The molecule has 0 aliphatic heterocycles. The quantitative estimate of drug-likeness (QED) is 0.688. The Morgan fingerprint density at radius 2 is 2.07 bits per heavy atom. The highest BCUT2D eigenvalue weighted by molar-refractivity contribution is 5.74. The van der Waals surface area contributed by atoms with Crippen molar-refractivity contribution in [2.45, 2.75) is 25.1 Å². The van der Waals surface area contributed by atoms with Gasteiger partial charge in [-0.15, -0.1) is 0 Å². The van der Waals surface area contributed by atoms with Gasteiger partial charge in [0.25, 0.3) is 0 Å². The lowest BCUT2D eigenvalue weighted by Gasteiger charge is -2.08. The number of rotatable bonds is 5. The second kappa shape index (κ2) is 5.20. The third kappa shape index (κ3) is 7.01. The van der Waals surface area contributed by atoms with Gasteiger partial charge >= 0.3 is 12.2 Å². The molecule has 2 N–H and O–H groups in total. The Morgan fingerprint density at radius 3 is 2.60 bits per heavy atom. The summed E-state index contributed by atoms with van der Waals surface area (Å²) in [5.41, 5.74) is 0. The Bertz CT molecular complexity index is 216. The van der Waals surface area contributed by atoms with Gasteiger partial charge in [0.1, 0.15) is 6.61 Å². The average molecular weight is 226 g/mol. The summed E-state index contributed by atoms with van der Waals surface area (Å²) in [6.45, 7) is -1.34. The third-order valence-corrected chi connectivity index (χ3v) is 1.71. The van der Waals surface area contributed by atoms with Gasteiger partial charge in [-0.25, -0.2) is 4.79 Å². The van der Waals surface area contributed by atoms with Gasteiger partial charge in [0.2, 0.25) is 0 Å². The monoisotopic (exact) mass is 226 g/mol. The zero-order valence-electron chi connectivity index (χ0n) is 8.06. The molecule has 1 aliphatic carbocycles. The second-order valence-electron chi connectivity index (χ2n) is 3.34. The number of carbonyl (C=O) groups excluding carboxylic acids is 1. The van der Waals surface area contributed by atoms with E-state index < -0.39 is 12.8 Å². The molecule has 88 valence electrons. The SMILES string of the molecule is O=C(NCCOCC(F)(F)F)NC1CC1. The highest BCUT2D eigenvalue weighted by atomic mass is 19.4. The van der Waals surface area contributed by atoms with Crippen molar-refractivity contribution in [1.29, 1.82) is 0 Å². The lowest BCUT2D eigenvalue weighted by molar-refractivity contribution is -0.173. The number of alkyl halides is 3. The van der Waals surface area contributed by atoms with E-state index >= 15 is 0 Å². The maximum absolute atomic E-state index is 11.6. The van der Waals surface area contributed by atoms with E-state index in [1.54, 1.807) is 0 Å². The van der Waals surface area contributed by atoms with Crippen molar-refractivity contribution in [1.82, 2.24) is 10.6 Å². The topological polar surface area (TPSA) is 50.4 Å². The van der Waals surface area contributed by atoms with E-state index in [4.69, 9.17) is 0 Å². The number of amides is 2. The van der Waals surface area contributed by atoms with Crippen LogP contribution < -0.4 is 10.6 Å². The molecule has 0 spiro atoms. The highest BCUT2D eigenvalue weighted by Gasteiger charge is 2.27. The lowest BCUT2D eigenvalue weighted by atomic mass is 10.6. The average Bonchev–Trinajstić information content (AvgIpc) is 2.85. The summed E-state index contributed by atoms with van der Waals surface area (Å²) >= 11 is 0. The molecule has 1 rings (SSSR count). The first-order valence-corrected chi connectivity index (χ1v) is 4.66. The van der Waals surface area contributed by atoms with E-state index in [-0.39, 0.29) is 25.2 Å². The van der Waals surface area contributed by atoms with Crippen LogP contribution in [0.5, 0.6) is 0 Å². The van der Waals surface area contributed by atoms with Crippen LogP contribution in [0, 0.1) is 0 Å².